The highest BCUT2D eigenvalue weighted by molar-refractivity contribution is 5.54. The lowest BCUT2D eigenvalue weighted by molar-refractivity contribution is 0.598. The zero-order valence-corrected chi connectivity index (χ0v) is 11.7. The number of benzene rings is 1. The number of rotatable bonds is 4. The second kappa shape index (κ2) is 6.05. The third kappa shape index (κ3) is 2.82. The molecule has 3 rings (SSSR count). The van der Waals surface area contributed by atoms with Crippen LogP contribution in [-0.2, 0) is 19.5 Å². The number of nitrogens with zero attached hydrogens (tertiary/aromatic N) is 4. The van der Waals surface area contributed by atoms with Gasteiger partial charge in [-0.05, 0) is 30.9 Å². The number of aromatic nitrogens is 3. The monoisotopic (exact) mass is 271 g/mol. The van der Waals surface area contributed by atoms with E-state index in [1.54, 1.807) is 0 Å². The molecular weight excluding hydrogens is 250 g/mol. The van der Waals surface area contributed by atoms with Crippen molar-refractivity contribution in [1.29, 1.82) is 0 Å². The Labute approximate surface area is 119 Å². The first kappa shape index (κ1) is 13.1. The third-order valence-corrected chi connectivity index (χ3v) is 3.75. The fourth-order valence-corrected chi connectivity index (χ4v) is 2.78. The first-order chi connectivity index (χ1) is 9.86. The number of aryl methyl sites for hydroxylation is 1. The molecule has 1 aliphatic heterocycles. The normalized spacial score (nSPS) is 14.9. The summed E-state index contributed by atoms with van der Waals surface area (Å²) in [6.07, 6.45) is 5.66. The molecule has 0 saturated heterocycles. The standard InChI is InChI=1S/C15H21N5/c16-8-10-20-12-14(17-18-20)11-19-9-4-3-6-13-5-1-2-7-15(13)19/h1-2,5,7,12H,3-4,6,8-11,16H2. The maximum Gasteiger partial charge on any atom is 0.102 e. The quantitative estimate of drug-likeness (QED) is 0.917. The van der Waals surface area contributed by atoms with E-state index < -0.39 is 0 Å². The zero-order valence-electron chi connectivity index (χ0n) is 11.7. The van der Waals surface area contributed by atoms with Crippen molar-refractivity contribution in [2.75, 3.05) is 18.0 Å². The molecule has 0 atom stereocenters. The fourth-order valence-electron chi connectivity index (χ4n) is 2.78. The molecule has 106 valence electrons. The van der Waals surface area contributed by atoms with Crippen molar-refractivity contribution in [3.05, 3.63) is 41.7 Å². The van der Waals surface area contributed by atoms with Gasteiger partial charge in [0.2, 0.25) is 0 Å². The summed E-state index contributed by atoms with van der Waals surface area (Å²) in [5.74, 6) is 0. The van der Waals surface area contributed by atoms with E-state index in [-0.39, 0.29) is 0 Å². The van der Waals surface area contributed by atoms with Gasteiger partial charge in [0.1, 0.15) is 5.69 Å². The first-order valence-electron chi connectivity index (χ1n) is 7.29. The first-order valence-corrected chi connectivity index (χ1v) is 7.29. The van der Waals surface area contributed by atoms with Gasteiger partial charge in [0, 0.05) is 18.8 Å². The van der Waals surface area contributed by atoms with Gasteiger partial charge in [0.25, 0.3) is 0 Å². The molecule has 20 heavy (non-hydrogen) atoms. The lowest BCUT2D eigenvalue weighted by atomic mass is 10.1. The molecule has 0 amide bonds. The predicted molar refractivity (Wildman–Crippen MR) is 79.5 cm³/mol. The van der Waals surface area contributed by atoms with Crippen LogP contribution in [0.5, 0.6) is 0 Å². The van der Waals surface area contributed by atoms with Gasteiger partial charge >= 0.3 is 0 Å². The largest absolute Gasteiger partial charge is 0.365 e. The summed E-state index contributed by atoms with van der Waals surface area (Å²) < 4.78 is 1.82. The molecule has 0 fully saturated rings. The highest BCUT2D eigenvalue weighted by Gasteiger charge is 2.16. The highest BCUT2D eigenvalue weighted by Crippen LogP contribution is 2.27. The van der Waals surface area contributed by atoms with Gasteiger partial charge < -0.3 is 10.6 Å². The summed E-state index contributed by atoms with van der Waals surface area (Å²) in [5, 5.41) is 8.36. The molecule has 0 bridgehead atoms. The van der Waals surface area contributed by atoms with Crippen LogP contribution in [0.15, 0.2) is 30.5 Å². The summed E-state index contributed by atoms with van der Waals surface area (Å²) in [6, 6.07) is 8.69. The van der Waals surface area contributed by atoms with Crippen molar-refractivity contribution in [3.63, 3.8) is 0 Å². The zero-order chi connectivity index (χ0) is 13.8. The van der Waals surface area contributed by atoms with Crippen LogP contribution in [0.1, 0.15) is 24.1 Å². The molecule has 0 spiro atoms. The molecule has 0 radical (unpaired) electrons. The number of para-hydroxylation sites is 1. The molecule has 1 aliphatic rings. The summed E-state index contributed by atoms with van der Waals surface area (Å²) >= 11 is 0. The molecular formula is C15H21N5. The Bertz CT molecular complexity index is 563. The maximum absolute atomic E-state index is 5.54. The fraction of sp³-hybridized carbons (Fsp3) is 0.467. The van der Waals surface area contributed by atoms with Crippen LogP contribution in [0.2, 0.25) is 0 Å². The Morgan fingerprint density at radius 2 is 2.10 bits per heavy atom. The van der Waals surface area contributed by atoms with E-state index in [9.17, 15) is 0 Å². The van der Waals surface area contributed by atoms with E-state index in [0.717, 1.165) is 25.3 Å². The molecule has 5 heteroatoms. The van der Waals surface area contributed by atoms with E-state index in [1.165, 1.54) is 30.5 Å². The Hall–Kier alpha value is -1.88. The Morgan fingerprint density at radius 3 is 3.00 bits per heavy atom. The smallest absolute Gasteiger partial charge is 0.102 e. The molecule has 1 aromatic heterocycles. The van der Waals surface area contributed by atoms with Crippen molar-refractivity contribution >= 4 is 5.69 Å². The van der Waals surface area contributed by atoms with Crippen molar-refractivity contribution in [2.24, 2.45) is 5.73 Å². The van der Waals surface area contributed by atoms with Gasteiger partial charge in [-0.2, -0.15) is 0 Å². The molecule has 1 aromatic carbocycles. The summed E-state index contributed by atoms with van der Waals surface area (Å²) in [6.45, 7) is 3.22. The lowest BCUT2D eigenvalue weighted by Crippen LogP contribution is -2.23. The van der Waals surface area contributed by atoms with Crippen LogP contribution in [0.3, 0.4) is 0 Å². The molecule has 0 aliphatic carbocycles. The van der Waals surface area contributed by atoms with Gasteiger partial charge in [-0.3, -0.25) is 4.68 Å². The lowest BCUT2D eigenvalue weighted by Gasteiger charge is -2.23. The number of hydrogen-bond acceptors (Lipinski definition) is 4. The van der Waals surface area contributed by atoms with Gasteiger partial charge in [-0.1, -0.05) is 23.4 Å². The Kier molecular flexibility index (Phi) is 3.97. The van der Waals surface area contributed by atoms with E-state index in [4.69, 9.17) is 5.73 Å². The summed E-state index contributed by atoms with van der Waals surface area (Å²) in [4.78, 5) is 2.42. The average Bonchev–Trinajstić information content (AvgIpc) is 2.80. The van der Waals surface area contributed by atoms with E-state index in [1.807, 2.05) is 10.9 Å². The van der Waals surface area contributed by atoms with Crippen molar-refractivity contribution in [1.82, 2.24) is 15.0 Å². The van der Waals surface area contributed by atoms with Crippen molar-refractivity contribution in [3.8, 4) is 0 Å². The highest BCUT2D eigenvalue weighted by atomic mass is 15.4. The average molecular weight is 271 g/mol. The Morgan fingerprint density at radius 1 is 1.20 bits per heavy atom. The molecule has 2 heterocycles. The van der Waals surface area contributed by atoms with Crippen LogP contribution in [-0.4, -0.2) is 28.1 Å². The van der Waals surface area contributed by atoms with Crippen molar-refractivity contribution < 1.29 is 0 Å². The topological polar surface area (TPSA) is 60.0 Å². The maximum atomic E-state index is 5.54. The minimum atomic E-state index is 0.593. The third-order valence-electron chi connectivity index (χ3n) is 3.75. The van der Waals surface area contributed by atoms with Gasteiger partial charge in [-0.25, -0.2) is 0 Å². The molecule has 0 unspecified atom stereocenters. The number of nitrogens with two attached hydrogens (primary N) is 1. The van der Waals surface area contributed by atoms with Crippen molar-refractivity contribution in [2.45, 2.75) is 32.4 Å². The van der Waals surface area contributed by atoms with Gasteiger partial charge in [-0.15, -0.1) is 5.10 Å². The van der Waals surface area contributed by atoms with E-state index in [0.29, 0.717) is 6.54 Å². The minimum absolute atomic E-state index is 0.593. The number of fused-ring (bicyclic) bond motifs is 1. The Balaban J connectivity index is 1.79. The van der Waals surface area contributed by atoms with Gasteiger partial charge in [0.05, 0.1) is 19.3 Å². The second-order valence-corrected chi connectivity index (χ2v) is 5.27. The summed E-state index contributed by atoms with van der Waals surface area (Å²) in [5.41, 5.74) is 9.34. The summed E-state index contributed by atoms with van der Waals surface area (Å²) in [7, 11) is 0. The molecule has 0 saturated carbocycles. The van der Waals surface area contributed by atoms with Crippen LogP contribution in [0.4, 0.5) is 5.69 Å². The molecule has 5 nitrogen and oxygen atoms in total. The SMILES string of the molecule is NCCn1cc(CN2CCCCc3ccccc32)nn1. The van der Waals surface area contributed by atoms with E-state index >= 15 is 0 Å². The van der Waals surface area contributed by atoms with Crippen LogP contribution in [0.25, 0.3) is 0 Å². The predicted octanol–water partition coefficient (Wildman–Crippen LogP) is 1.58. The molecule has 2 N–H and O–H groups in total. The van der Waals surface area contributed by atoms with Crippen LogP contribution >= 0.6 is 0 Å². The van der Waals surface area contributed by atoms with Crippen LogP contribution in [0, 0.1) is 0 Å². The number of hydrogen-bond donors (Lipinski definition) is 1. The molecule has 2 aromatic rings. The van der Waals surface area contributed by atoms with E-state index in [2.05, 4.69) is 39.5 Å². The number of anilines is 1. The second-order valence-electron chi connectivity index (χ2n) is 5.27. The van der Waals surface area contributed by atoms with Gasteiger partial charge in [0.15, 0.2) is 0 Å². The van der Waals surface area contributed by atoms with Crippen LogP contribution < -0.4 is 10.6 Å². The minimum Gasteiger partial charge on any atom is -0.365 e.